The minimum Gasteiger partial charge on any atom is -0.315 e. The molecule has 0 amide bonds. The molecule has 0 saturated heterocycles. The summed E-state index contributed by atoms with van der Waals surface area (Å²) in [5.41, 5.74) is 4.84. The molecule has 18 heavy (non-hydrogen) atoms. The standard InChI is InChI=1S/C14H18N2OS/c1-9-4-5-12(6-10(9)2)11(3)15-7-13-8-18-14(17)16-13/h4-6,8,11,15H,7H2,1-3H3,(H,16,17). The Morgan fingerprint density at radius 1 is 1.33 bits per heavy atom. The summed E-state index contributed by atoms with van der Waals surface area (Å²) in [4.78, 5) is 13.8. The second-order valence-electron chi connectivity index (χ2n) is 4.62. The van der Waals surface area contributed by atoms with Gasteiger partial charge in [0.25, 0.3) is 0 Å². The van der Waals surface area contributed by atoms with E-state index in [-0.39, 0.29) is 10.9 Å². The van der Waals surface area contributed by atoms with Crippen LogP contribution in [-0.4, -0.2) is 4.98 Å². The van der Waals surface area contributed by atoms with E-state index in [1.54, 1.807) is 0 Å². The molecule has 0 aliphatic carbocycles. The van der Waals surface area contributed by atoms with Crippen molar-refractivity contribution in [3.05, 3.63) is 55.6 Å². The molecular weight excluding hydrogens is 244 g/mol. The molecule has 0 aliphatic rings. The van der Waals surface area contributed by atoms with E-state index < -0.39 is 0 Å². The van der Waals surface area contributed by atoms with E-state index in [9.17, 15) is 4.79 Å². The molecule has 2 N–H and O–H groups in total. The monoisotopic (exact) mass is 262 g/mol. The van der Waals surface area contributed by atoms with Crippen LogP contribution in [0.15, 0.2) is 28.4 Å². The molecule has 1 aromatic heterocycles. The molecule has 4 heteroatoms. The summed E-state index contributed by atoms with van der Waals surface area (Å²) in [7, 11) is 0. The number of aromatic amines is 1. The van der Waals surface area contributed by atoms with Gasteiger partial charge in [-0.25, -0.2) is 0 Å². The van der Waals surface area contributed by atoms with E-state index in [1.807, 2.05) is 5.38 Å². The molecular formula is C14H18N2OS. The fourth-order valence-electron chi connectivity index (χ4n) is 1.82. The molecule has 0 spiro atoms. The number of thiazole rings is 1. The van der Waals surface area contributed by atoms with Gasteiger partial charge in [-0.2, -0.15) is 0 Å². The number of aryl methyl sites for hydroxylation is 2. The third-order valence-electron chi connectivity index (χ3n) is 3.20. The molecule has 1 aromatic carbocycles. The summed E-state index contributed by atoms with van der Waals surface area (Å²) in [5, 5.41) is 5.28. The van der Waals surface area contributed by atoms with Gasteiger partial charge in [-0.05, 0) is 37.5 Å². The average molecular weight is 262 g/mol. The maximum absolute atomic E-state index is 11.0. The first-order chi connectivity index (χ1) is 8.56. The SMILES string of the molecule is Cc1ccc(C(C)NCc2csc(=O)[nH]2)cc1C. The Labute approximate surface area is 111 Å². The summed E-state index contributed by atoms with van der Waals surface area (Å²) < 4.78 is 0. The lowest BCUT2D eigenvalue weighted by atomic mass is 10.0. The van der Waals surface area contributed by atoms with Crippen LogP contribution in [0.2, 0.25) is 0 Å². The Kier molecular flexibility index (Phi) is 3.99. The maximum Gasteiger partial charge on any atom is 0.304 e. The van der Waals surface area contributed by atoms with Crippen LogP contribution in [0.5, 0.6) is 0 Å². The third-order valence-corrected chi connectivity index (χ3v) is 3.92. The second kappa shape index (κ2) is 5.50. The van der Waals surface area contributed by atoms with Crippen molar-refractivity contribution in [3.8, 4) is 0 Å². The number of nitrogens with one attached hydrogen (secondary N) is 2. The fraction of sp³-hybridized carbons (Fsp3) is 0.357. The molecule has 1 unspecified atom stereocenters. The lowest BCUT2D eigenvalue weighted by molar-refractivity contribution is 0.568. The Hall–Kier alpha value is -1.39. The van der Waals surface area contributed by atoms with E-state index in [2.05, 4.69) is 49.3 Å². The first-order valence-electron chi connectivity index (χ1n) is 6.03. The minimum atomic E-state index is 0.00522. The second-order valence-corrected chi connectivity index (χ2v) is 5.46. The lowest BCUT2D eigenvalue weighted by Gasteiger charge is -2.15. The number of H-pyrrole nitrogens is 1. The van der Waals surface area contributed by atoms with Gasteiger partial charge in [0.2, 0.25) is 0 Å². The summed E-state index contributed by atoms with van der Waals surface area (Å²) in [6, 6.07) is 6.78. The van der Waals surface area contributed by atoms with E-state index in [1.165, 1.54) is 28.0 Å². The van der Waals surface area contributed by atoms with Gasteiger partial charge in [0.15, 0.2) is 0 Å². The van der Waals surface area contributed by atoms with Crippen molar-refractivity contribution >= 4 is 11.3 Å². The van der Waals surface area contributed by atoms with Crippen LogP contribution in [0.1, 0.15) is 35.3 Å². The number of benzene rings is 1. The summed E-state index contributed by atoms with van der Waals surface area (Å²) >= 11 is 1.21. The van der Waals surface area contributed by atoms with E-state index in [0.29, 0.717) is 6.54 Å². The van der Waals surface area contributed by atoms with Crippen LogP contribution in [0.3, 0.4) is 0 Å². The van der Waals surface area contributed by atoms with Gasteiger partial charge in [0.05, 0.1) is 0 Å². The molecule has 0 radical (unpaired) electrons. The van der Waals surface area contributed by atoms with Gasteiger partial charge in [-0.15, -0.1) is 0 Å². The van der Waals surface area contributed by atoms with Gasteiger partial charge in [0.1, 0.15) is 0 Å². The summed E-state index contributed by atoms with van der Waals surface area (Å²) in [6.07, 6.45) is 0. The molecule has 3 nitrogen and oxygen atoms in total. The summed E-state index contributed by atoms with van der Waals surface area (Å²) in [6.45, 7) is 7.07. The molecule has 0 saturated carbocycles. The highest BCUT2D eigenvalue weighted by molar-refractivity contribution is 7.07. The predicted molar refractivity (Wildman–Crippen MR) is 76.1 cm³/mol. The Morgan fingerprint density at radius 3 is 2.72 bits per heavy atom. The molecule has 1 heterocycles. The quantitative estimate of drug-likeness (QED) is 0.890. The van der Waals surface area contributed by atoms with Crippen molar-refractivity contribution < 1.29 is 0 Å². The van der Waals surface area contributed by atoms with E-state index in [4.69, 9.17) is 0 Å². The molecule has 0 fully saturated rings. The normalized spacial score (nSPS) is 12.6. The van der Waals surface area contributed by atoms with Crippen molar-refractivity contribution in [1.29, 1.82) is 0 Å². The minimum absolute atomic E-state index is 0.00522. The molecule has 0 bridgehead atoms. The molecule has 2 rings (SSSR count). The Balaban J connectivity index is 2.01. The van der Waals surface area contributed by atoms with E-state index >= 15 is 0 Å². The lowest BCUT2D eigenvalue weighted by Crippen LogP contribution is -2.18. The topological polar surface area (TPSA) is 44.9 Å². The Morgan fingerprint density at radius 2 is 2.11 bits per heavy atom. The number of hydrogen-bond donors (Lipinski definition) is 2. The van der Waals surface area contributed by atoms with Crippen molar-refractivity contribution in [2.75, 3.05) is 0 Å². The number of hydrogen-bond acceptors (Lipinski definition) is 3. The molecule has 2 aromatic rings. The predicted octanol–water partition coefficient (Wildman–Crippen LogP) is 2.90. The zero-order valence-corrected chi connectivity index (χ0v) is 11.7. The molecule has 96 valence electrons. The van der Waals surface area contributed by atoms with E-state index in [0.717, 1.165) is 5.69 Å². The van der Waals surface area contributed by atoms with Crippen molar-refractivity contribution in [2.45, 2.75) is 33.4 Å². The largest absolute Gasteiger partial charge is 0.315 e. The highest BCUT2D eigenvalue weighted by Gasteiger charge is 2.06. The Bertz CT molecular complexity index is 585. The van der Waals surface area contributed by atoms with Crippen LogP contribution in [0.25, 0.3) is 0 Å². The maximum atomic E-state index is 11.0. The number of rotatable bonds is 4. The van der Waals surface area contributed by atoms with Crippen LogP contribution in [0.4, 0.5) is 0 Å². The zero-order valence-electron chi connectivity index (χ0n) is 10.9. The first-order valence-corrected chi connectivity index (χ1v) is 6.91. The third kappa shape index (κ3) is 3.09. The van der Waals surface area contributed by atoms with Gasteiger partial charge < -0.3 is 10.3 Å². The number of aromatic nitrogens is 1. The highest BCUT2D eigenvalue weighted by Crippen LogP contribution is 2.17. The van der Waals surface area contributed by atoms with Gasteiger partial charge in [0, 0.05) is 23.7 Å². The van der Waals surface area contributed by atoms with Crippen molar-refractivity contribution in [1.82, 2.24) is 10.3 Å². The average Bonchev–Trinajstić information content (AvgIpc) is 2.75. The van der Waals surface area contributed by atoms with Crippen LogP contribution in [0, 0.1) is 13.8 Å². The van der Waals surface area contributed by atoms with Crippen LogP contribution in [-0.2, 0) is 6.54 Å². The van der Waals surface area contributed by atoms with Gasteiger partial charge in [-0.3, -0.25) is 4.79 Å². The van der Waals surface area contributed by atoms with Crippen molar-refractivity contribution in [2.24, 2.45) is 0 Å². The molecule has 1 atom stereocenters. The highest BCUT2D eigenvalue weighted by atomic mass is 32.1. The molecule has 0 aliphatic heterocycles. The van der Waals surface area contributed by atoms with Crippen LogP contribution < -0.4 is 10.2 Å². The zero-order chi connectivity index (χ0) is 13.1. The smallest absolute Gasteiger partial charge is 0.304 e. The first kappa shape index (κ1) is 13.1. The fourth-order valence-corrected chi connectivity index (χ4v) is 2.40. The summed E-state index contributed by atoms with van der Waals surface area (Å²) in [5.74, 6) is 0. The van der Waals surface area contributed by atoms with Gasteiger partial charge in [-0.1, -0.05) is 29.5 Å². The van der Waals surface area contributed by atoms with Gasteiger partial charge >= 0.3 is 4.87 Å². The van der Waals surface area contributed by atoms with Crippen molar-refractivity contribution in [3.63, 3.8) is 0 Å². The van der Waals surface area contributed by atoms with Crippen LogP contribution >= 0.6 is 11.3 Å².